The van der Waals surface area contributed by atoms with Crippen molar-refractivity contribution in [2.24, 2.45) is 0 Å². The molecule has 0 radical (unpaired) electrons. The number of benzene rings is 1. The second-order valence-corrected chi connectivity index (χ2v) is 6.65. The van der Waals surface area contributed by atoms with E-state index in [9.17, 15) is 4.21 Å². The van der Waals surface area contributed by atoms with Gasteiger partial charge in [0.15, 0.2) is 0 Å². The summed E-state index contributed by atoms with van der Waals surface area (Å²) >= 11 is 0. The van der Waals surface area contributed by atoms with Crippen molar-refractivity contribution < 1.29 is 4.21 Å². The molecule has 0 saturated carbocycles. The largest absolute Gasteiger partial charge is 0.309 e. The molecule has 2 nitrogen and oxygen atoms in total. The van der Waals surface area contributed by atoms with Crippen molar-refractivity contribution in [1.29, 1.82) is 0 Å². The first-order valence-electron chi connectivity index (χ1n) is 6.77. The van der Waals surface area contributed by atoms with Crippen molar-refractivity contribution in [2.75, 3.05) is 12.3 Å². The van der Waals surface area contributed by atoms with Gasteiger partial charge in [-0.3, -0.25) is 4.21 Å². The third kappa shape index (κ3) is 4.21. The third-order valence-corrected chi connectivity index (χ3v) is 5.06. The summed E-state index contributed by atoms with van der Waals surface area (Å²) in [5, 5.41) is 3.61. The van der Waals surface area contributed by atoms with Crippen LogP contribution in [0.5, 0.6) is 0 Å². The zero-order valence-electron chi connectivity index (χ0n) is 11.9. The Kier molecular flexibility index (Phi) is 6.58. The van der Waals surface area contributed by atoms with E-state index in [-0.39, 0.29) is 11.3 Å². The molecule has 1 aromatic rings. The van der Waals surface area contributed by atoms with E-state index in [1.165, 1.54) is 11.1 Å². The van der Waals surface area contributed by atoms with Gasteiger partial charge < -0.3 is 5.32 Å². The van der Waals surface area contributed by atoms with Crippen LogP contribution in [0.25, 0.3) is 0 Å². The second-order valence-electron chi connectivity index (χ2n) is 4.74. The zero-order valence-corrected chi connectivity index (χ0v) is 12.7. The minimum atomic E-state index is -0.765. The lowest BCUT2D eigenvalue weighted by Crippen LogP contribution is -2.33. The van der Waals surface area contributed by atoms with Crippen LogP contribution in [0.2, 0.25) is 0 Å². The lowest BCUT2D eigenvalue weighted by atomic mass is 10.0. The van der Waals surface area contributed by atoms with E-state index < -0.39 is 10.8 Å². The molecule has 0 aliphatic heterocycles. The van der Waals surface area contributed by atoms with E-state index in [0.717, 1.165) is 18.7 Å². The van der Waals surface area contributed by atoms with Gasteiger partial charge >= 0.3 is 0 Å². The summed E-state index contributed by atoms with van der Waals surface area (Å²) in [7, 11) is -0.765. The smallest absolute Gasteiger partial charge is 0.0514 e. The molecule has 1 rings (SSSR count). The van der Waals surface area contributed by atoms with Gasteiger partial charge in [-0.25, -0.2) is 0 Å². The van der Waals surface area contributed by atoms with Gasteiger partial charge in [0.05, 0.1) is 5.25 Å². The molecule has 0 saturated heterocycles. The topological polar surface area (TPSA) is 29.1 Å². The average molecular weight is 267 g/mol. The Balaban J connectivity index is 2.87. The predicted octanol–water partition coefficient (Wildman–Crippen LogP) is 3.19. The highest BCUT2D eigenvalue weighted by molar-refractivity contribution is 7.85. The summed E-state index contributed by atoms with van der Waals surface area (Å²) in [6.07, 6.45) is 0.976. The van der Waals surface area contributed by atoms with Crippen molar-refractivity contribution in [3.8, 4) is 0 Å². The van der Waals surface area contributed by atoms with Gasteiger partial charge in [0.25, 0.3) is 0 Å². The minimum Gasteiger partial charge on any atom is -0.309 e. The van der Waals surface area contributed by atoms with Gasteiger partial charge in [0.1, 0.15) is 0 Å². The second kappa shape index (κ2) is 7.70. The van der Waals surface area contributed by atoms with Gasteiger partial charge in [-0.1, -0.05) is 43.7 Å². The first-order chi connectivity index (χ1) is 8.60. The van der Waals surface area contributed by atoms with Crippen LogP contribution in [0, 0.1) is 6.92 Å². The van der Waals surface area contributed by atoms with E-state index in [4.69, 9.17) is 0 Å². The monoisotopic (exact) mass is 267 g/mol. The minimum absolute atomic E-state index is 0.146. The Morgan fingerprint density at radius 1 is 1.22 bits per heavy atom. The highest BCUT2D eigenvalue weighted by Crippen LogP contribution is 2.21. The van der Waals surface area contributed by atoms with E-state index in [1.54, 1.807) is 0 Å². The molecule has 0 aromatic heterocycles. The van der Waals surface area contributed by atoms with Crippen LogP contribution < -0.4 is 5.32 Å². The van der Waals surface area contributed by atoms with Crippen molar-refractivity contribution in [3.63, 3.8) is 0 Å². The third-order valence-electron chi connectivity index (χ3n) is 3.15. The SMILES string of the molecule is CCCS(=O)C(C)C(NCC)c1ccc(C)cc1. The summed E-state index contributed by atoms with van der Waals surface area (Å²) < 4.78 is 12.2. The van der Waals surface area contributed by atoms with Gasteiger partial charge in [-0.2, -0.15) is 0 Å². The van der Waals surface area contributed by atoms with E-state index >= 15 is 0 Å². The number of aryl methyl sites for hydroxylation is 1. The summed E-state index contributed by atoms with van der Waals surface area (Å²) in [4.78, 5) is 0. The molecule has 0 fully saturated rings. The molecular weight excluding hydrogens is 242 g/mol. The fraction of sp³-hybridized carbons (Fsp3) is 0.600. The van der Waals surface area contributed by atoms with Crippen molar-refractivity contribution in [1.82, 2.24) is 5.32 Å². The average Bonchev–Trinajstić information content (AvgIpc) is 2.37. The molecule has 0 spiro atoms. The van der Waals surface area contributed by atoms with Crippen LogP contribution in [0.4, 0.5) is 0 Å². The molecule has 3 heteroatoms. The lowest BCUT2D eigenvalue weighted by molar-refractivity contribution is 0.535. The highest BCUT2D eigenvalue weighted by Gasteiger charge is 2.22. The van der Waals surface area contributed by atoms with Crippen molar-refractivity contribution in [2.45, 2.75) is 45.4 Å². The summed E-state index contributed by atoms with van der Waals surface area (Å²) in [5.41, 5.74) is 2.50. The van der Waals surface area contributed by atoms with Gasteiger partial charge in [-0.05, 0) is 32.4 Å². The molecule has 0 aliphatic rings. The molecule has 1 N–H and O–H groups in total. The molecule has 3 unspecified atom stereocenters. The van der Waals surface area contributed by atoms with Gasteiger partial charge in [-0.15, -0.1) is 0 Å². The summed E-state index contributed by atoms with van der Waals surface area (Å²) in [6, 6.07) is 8.71. The molecule has 0 aliphatic carbocycles. The van der Waals surface area contributed by atoms with Crippen LogP contribution in [0.3, 0.4) is 0 Å². The fourth-order valence-electron chi connectivity index (χ4n) is 2.09. The summed E-state index contributed by atoms with van der Waals surface area (Å²) in [5.74, 6) is 0.787. The van der Waals surface area contributed by atoms with E-state index in [2.05, 4.69) is 57.3 Å². The quantitative estimate of drug-likeness (QED) is 0.822. The Bertz CT molecular complexity index is 375. The standard InChI is InChI=1S/C15H25NOS/c1-5-11-18(17)13(4)15(16-6-2)14-9-7-12(3)8-10-14/h7-10,13,15-16H,5-6,11H2,1-4H3. The molecule has 18 heavy (non-hydrogen) atoms. The lowest BCUT2D eigenvalue weighted by Gasteiger charge is -2.25. The number of hydrogen-bond acceptors (Lipinski definition) is 2. The van der Waals surface area contributed by atoms with Crippen LogP contribution in [-0.4, -0.2) is 21.8 Å². The van der Waals surface area contributed by atoms with Crippen LogP contribution in [0.1, 0.15) is 44.4 Å². The molecule has 0 heterocycles. The maximum absolute atomic E-state index is 12.2. The van der Waals surface area contributed by atoms with Gasteiger partial charge in [0, 0.05) is 22.6 Å². The van der Waals surface area contributed by atoms with Gasteiger partial charge in [0.2, 0.25) is 0 Å². The Hall–Kier alpha value is -0.670. The number of nitrogens with one attached hydrogen (secondary N) is 1. The predicted molar refractivity (Wildman–Crippen MR) is 80.4 cm³/mol. The molecule has 0 bridgehead atoms. The number of rotatable bonds is 7. The van der Waals surface area contributed by atoms with E-state index in [1.807, 2.05) is 0 Å². The Labute approximate surface area is 114 Å². The molecule has 102 valence electrons. The van der Waals surface area contributed by atoms with Crippen molar-refractivity contribution >= 4 is 10.8 Å². The number of hydrogen-bond donors (Lipinski definition) is 1. The van der Waals surface area contributed by atoms with Crippen LogP contribution in [-0.2, 0) is 10.8 Å². The zero-order chi connectivity index (χ0) is 13.5. The van der Waals surface area contributed by atoms with Crippen LogP contribution in [0.15, 0.2) is 24.3 Å². The van der Waals surface area contributed by atoms with Crippen molar-refractivity contribution in [3.05, 3.63) is 35.4 Å². The Morgan fingerprint density at radius 2 is 1.83 bits per heavy atom. The molecular formula is C15H25NOS. The summed E-state index contributed by atoms with van der Waals surface area (Å²) in [6.45, 7) is 9.24. The molecule has 3 atom stereocenters. The molecule has 1 aromatic carbocycles. The highest BCUT2D eigenvalue weighted by atomic mass is 32.2. The fourth-order valence-corrected chi connectivity index (χ4v) is 3.42. The maximum Gasteiger partial charge on any atom is 0.0514 e. The normalized spacial score (nSPS) is 16.2. The molecule has 0 amide bonds. The first kappa shape index (κ1) is 15.4. The van der Waals surface area contributed by atoms with E-state index in [0.29, 0.717) is 0 Å². The maximum atomic E-state index is 12.2. The Morgan fingerprint density at radius 3 is 2.33 bits per heavy atom. The first-order valence-corrected chi connectivity index (χ1v) is 8.15. The van der Waals surface area contributed by atoms with Crippen LogP contribution >= 0.6 is 0 Å².